The number of aryl methyl sites for hydroxylation is 2. The van der Waals surface area contributed by atoms with Gasteiger partial charge in [0, 0.05) is 21.5 Å². The number of fused-ring (bicyclic) bond motifs is 1. The first-order valence-corrected chi connectivity index (χ1v) is 6.82. The van der Waals surface area contributed by atoms with Crippen molar-refractivity contribution in [3.05, 3.63) is 58.1 Å². The summed E-state index contributed by atoms with van der Waals surface area (Å²) in [7, 11) is 0. The largest absolute Gasteiger partial charge is 0.354 e. The van der Waals surface area contributed by atoms with Gasteiger partial charge >= 0.3 is 0 Å². The van der Waals surface area contributed by atoms with Gasteiger partial charge in [0.1, 0.15) is 0 Å². The first-order chi connectivity index (χ1) is 9.60. The predicted octanol–water partition coefficient (Wildman–Crippen LogP) is 4.92. The highest BCUT2D eigenvalue weighted by Gasteiger charge is 2.14. The van der Waals surface area contributed by atoms with Gasteiger partial charge in [-0.2, -0.15) is 0 Å². The van der Waals surface area contributed by atoms with E-state index in [4.69, 9.17) is 11.6 Å². The zero-order valence-corrected chi connectivity index (χ0v) is 12.1. The van der Waals surface area contributed by atoms with Crippen LogP contribution in [-0.4, -0.2) is 11.3 Å². The normalized spacial score (nSPS) is 10.9. The van der Waals surface area contributed by atoms with Crippen LogP contribution < -0.4 is 0 Å². The predicted molar refractivity (Wildman–Crippen MR) is 83.6 cm³/mol. The second-order valence-corrected chi connectivity index (χ2v) is 5.48. The Hall–Kier alpha value is -2.06. The van der Waals surface area contributed by atoms with E-state index in [9.17, 15) is 4.79 Å². The van der Waals surface area contributed by atoms with Crippen LogP contribution in [0.15, 0.2) is 36.4 Å². The van der Waals surface area contributed by atoms with Crippen molar-refractivity contribution >= 4 is 28.8 Å². The molecule has 3 aromatic rings. The summed E-state index contributed by atoms with van der Waals surface area (Å²) in [6.45, 7) is 4.09. The van der Waals surface area contributed by atoms with Crippen molar-refractivity contribution in [3.63, 3.8) is 0 Å². The molecule has 0 bridgehead atoms. The molecule has 0 aliphatic heterocycles. The number of aromatic nitrogens is 1. The number of carbonyl (C=O) groups is 1. The molecule has 3 heteroatoms. The van der Waals surface area contributed by atoms with E-state index in [0.29, 0.717) is 10.6 Å². The highest BCUT2D eigenvalue weighted by molar-refractivity contribution is 6.30. The van der Waals surface area contributed by atoms with Crippen molar-refractivity contribution in [2.75, 3.05) is 0 Å². The Bertz CT molecular complexity index is 800. The molecule has 0 atom stereocenters. The molecule has 0 fully saturated rings. The highest BCUT2D eigenvalue weighted by atomic mass is 35.5. The van der Waals surface area contributed by atoms with Gasteiger partial charge in [-0.05, 0) is 43.2 Å². The minimum Gasteiger partial charge on any atom is -0.354 e. The molecule has 0 aliphatic rings. The van der Waals surface area contributed by atoms with Gasteiger partial charge < -0.3 is 4.98 Å². The van der Waals surface area contributed by atoms with Crippen molar-refractivity contribution in [2.45, 2.75) is 13.8 Å². The van der Waals surface area contributed by atoms with Crippen molar-refractivity contribution < 1.29 is 4.79 Å². The average Bonchev–Trinajstić information content (AvgIpc) is 2.78. The summed E-state index contributed by atoms with van der Waals surface area (Å²) in [6, 6.07) is 11.6. The molecule has 0 saturated heterocycles. The third-order valence-corrected chi connectivity index (χ3v) is 3.79. The number of H-pyrrole nitrogens is 1. The molecule has 1 aromatic heterocycles. The molecule has 0 saturated carbocycles. The zero-order valence-electron chi connectivity index (χ0n) is 11.3. The summed E-state index contributed by atoms with van der Waals surface area (Å²) in [5.41, 5.74) is 5.82. The number of nitrogens with one attached hydrogen (secondary N) is 1. The number of halogens is 1. The zero-order chi connectivity index (χ0) is 14.3. The van der Waals surface area contributed by atoms with E-state index < -0.39 is 0 Å². The molecule has 1 heterocycles. The lowest BCUT2D eigenvalue weighted by atomic mass is 10.0. The first-order valence-electron chi connectivity index (χ1n) is 6.44. The topological polar surface area (TPSA) is 32.9 Å². The molecular weight excluding hydrogens is 270 g/mol. The first kappa shape index (κ1) is 12.9. The van der Waals surface area contributed by atoms with Crippen LogP contribution in [-0.2, 0) is 0 Å². The van der Waals surface area contributed by atoms with Crippen LogP contribution >= 0.6 is 11.6 Å². The van der Waals surface area contributed by atoms with Gasteiger partial charge in [0.05, 0.1) is 5.69 Å². The maximum absolute atomic E-state index is 11.5. The van der Waals surface area contributed by atoms with Gasteiger partial charge in [-0.25, -0.2) is 0 Å². The van der Waals surface area contributed by atoms with Gasteiger partial charge in [-0.1, -0.05) is 35.4 Å². The number of hydrogen-bond donors (Lipinski definition) is 1. The summed E-state index contributed by atoms with van der Waals surface area (Å²) >= 11 is 5.92. The van der Waals surface area contributed by atoms with Crippen LogP contribution in [0.5, 0.6) is 0 Å². The number of hydrogen-bond acceptors (Lipinski definition) is 1. The van der Waals surface area contributed by atoms with Crippen molar-refractivity contribution in [3.8, 4) is 11.3 Å². The molecule has 2 aromatic carbocycles. The fourth-order valence-electron chi connectivity index (χ4n) is 2.64. The molecule has 100 valence electrons. The van der Waals surface area contributed by atoms with Crippen LogP contribution in [0.25, 0.3) is 22.2 Å². The molecular formula is C17H14ClNO. The second-order valence-electron chi connectivity index (χ2n) is 5.04. The second kappa shape index (κ2) is 4.80. The number of carbonyl (C=O) groups excluding carboxylic acids is 1. The smallest absolute Gasteiger partial charge is 0.152 e. The van der Waals surface area contributed by atoms with E-state index in [2.05, 4.69) is 11.1 Å². The van der Waals surface area contributed by atoms with Crippen LogP contribution in [0.3, 0.4) is 0 Å². The molecule has 0 amide bonds. The summed E-state index contributed by atoms with van der Waals surface area (Å²) in [6.07, 6.45) is 0.918. The standard InChI is InChI=1S/C17H14ClNO/c1-10-7-11(2)16-14(8-10)15(9-20)17(19-16)12-3-5-13(18)6-4-12/h3-9,19H,1-2H3. The maximum Gasteiger partial charge on any atom is 0.152 e. The molecule has 3 rings (SSSR count). The fourth-order valence-corrected chi connectivity index (χ4v) is 2.77. The van der Waals surface area contributed by atoms with Crippen LogP contribution in [0.4, 0.5) is 0 Å². The third kappa shape index (κ3) is 2.02. The lowest BCUT2D eigenvalue weighted by Gasteiger charge is -1.99. The molecule has 2 nitrogen and oxygen atoms in total. The van der Waals surface area contributed by atoms with Gasteiger partial charge in [-0.3, -0.25) is 4.79 Å². The van der Waals surface area contributed by atoms with Crippen LogP contribution in [0.1, 0.15) is 21.5 Å². The minimum absolute atomic E-state index is 0.685. The summed E-state index contributed by atoms with van der Waals surface area (Å²) in [5, 5.41) is 1.66. The molecule has 1 N–H and O–H groups in total. The van der Waals surface area contributed by atoms with Crippen molar-refractivity contribution in [1.82, 2.24) is 4.98 Å². The van der Waals surface area contributed by atoms with Crippen molar-refractivity contribution in [1.29, 1.82) is 0 Å². The molecule has 0 aliphatic carbocycles. The maximum atomic E-state index is 11.5. The Morgan fingerprint density at radius 2 is 1.80 bits per heavy atom. The monoisotopic (exact) mass is 283 g/mol. The molecule has 0 radical (unpaired) electrons. The molecule has 20 heavy (non-hydrogen) atoms. The van der Waals surface area contributed by atoms with Crippen LogP contribution in [0, 0.1) is 13.8 Å². The van der Waals surface area contributed by atoms with E-state index in [0.717, 1.165) is 39.6 Å². The Kier molecular flexibility index (Phi) is 3.11. The van der Waals surface area contributed by atoms with E-state index in [-0.39, 0.29) is 0 Å². The molecule has 0 unspecified atom stereocenters. The Balaban J connectivity index is 2.33. The Morgan fingerprint density at radius 3 is 2.45 bits per heavy atom. The van der Waals surface area contributed by atoms with Gasteiger partial charge in [-0.15, -0.1) is 0 Å². The van der Waals surface area contributed by atoms with Gasteiger partial charge in [0.15, 0.2) is 6.29 Å². The summed E-state index contributed by atoms with van der Waals surface area (Å²) in [5.74, 6) is 0. The fraction of sp³-hybridized carbons (Fsp3) is 0.118. The number of aldehydes is 1. The minimum atomic E-state index is 0.685. The Labute approximate surface area is 122 Å². The van der Waals surface area contributed by atoms with Gasteiger partial charge in [0.25, 0.3) is 0 Å². The highest BCUT2D eigenvalue weighted by Crippen LogP contribution is 2.32. The van der Waals surface area contributed by atoms with Crippen molar-refractivity contribution in [2.24, 2.45) is 0 Å². The number of aromatic amines is 1. The summed E-state index contributed by atoms with van der Waals surface area (Å²) < 4.78 is 0. The average molecular weight is 284 g/mol. The van der Waals surface area contributed by atoms with Crippen LogP contribution in [0.2, 0.25) is 5.02 Å². The Morgan fingerprint density at radius 1 is 1.10 bits per heavy atom. The summed E-state index contributed by atoms with van der Waals surface area (Å²) in [4.78, 5) is 14.9. The third-order valence-electron chi connectivity index (χ3n) is 3.54. The van der Waals surface area contributed by atoms with E-state index >= 15 is 0 Å². The quantitative estimate of drug-likeness (QED) is 0.666. The lowest BCUT2D eigenvalue weighted by molar-refractivity contribution is 0.112. The van der Waals surface area contributed by atoms with E-state index in [1.54, 1.807) is 0 Å². The SMILES string of the molecule is Cc1cc(C)c2[nH]c(-c3ccc(Cl)cc3)c(C=O)c2c1. The number of rotatable bonds is 2. The van der Waals surface area contributed by atoms with Gasteiger partial charge in [0.2, 0.25) is 0 Å². The molecule has 0 spiro atoms. The number of benzene rings is 2. The van der Waals surface area contributed by atoms with E-state index in [1.165, 1.54) is 0 Å². The lowest BCUT2D eigenvalue weighted by Crippen LogP contribution is -1.84. The van der Waals surface area contributed by atoms with E-state index in [1.807, 2.05) is 44.2 Å².